The van der Waals surface area contributed by atoms with E-state index in [0.29, 0.717) is 41.9 Å². The molecule has 4 aromatic carbocycles. The van der Waals surface area contributed by atoms with Crippen LogP contribution in [-0.2, 0) is 13.2 Å². The van der Waals surface area contributed by atoms with E-state index < -0.39 is 0 Å². The molecule has 0 heterocycles. The molecule has 0 saturated carbocycles. The van der Waals surface area contributed by atoms with Crippen LogP contribution in [0.2, 0.25) is 5.02 Å². The lowest BCUT2D eigenvalue weighted by Crippen LogP contribution is -2.17. The van der Waals surface area contributed by atoms with Crippen LogP contribution in [0.1, 0.15) is 34.0 Å². The van der Waals surface area contributed by atoms with Gasteiger partial charge < -0.3 is 14.2 Å². The molecular weight excluding hydrogens is 488 g/mol. The maximum absolute atomic E-state index is 12.6. The Kier molecular flexibility index (Phi) is 9.16. The van der Waals surface area contributed by atoms with Crippen molar-refractivity contribution in [2.45, 2.75) is 20.1 Å². The molecule has 0 atom stereocenters. The Morgan fingerprint density at radius 3 is 2.32 bits per heavy atom. The van der Waals surface area contributed by atoms with Gasteiger partial charge in [0.15, 0.2) is 11.5 Å². The Bertz CT molecular complexity index is 1340. The summed E-state index contributed by atoms with van der Waals surface area (Å²) in [5.74, 6) is 1.44. The van der Waals surface area contributed by atoms with Crippen molar-refractivity contribution in [3.8, 4) is 17.2 Å². The second-order valence-corrected chi connectivity index (χ2v) is 8.49. The van der Waals surface area contributed by atoms with Crippen LogP contribution < -0.4 is 19.6 Å². The smallest absolute Gasteiger partial charge is 0.271 e. The van der Waals surface area contributed by atoms with Gasteiger partial charge in [-0.05, 0) is 78.2 Å². The molecule has 1 N–H and O–H groups in total. The van der Waals surface area contributed by atoms with Crippen LogP contribution in [0.25, 0.3) is 0 Å². The van der Waals surface area contributed by atoms with Crippen molar-refractivity contribution >= 4 is 23.7 Å². The van der Waals surface area contributed by atoms with Crippen molar-refractivity contribution in [2.75, 3.05) is 6.61 Å². The number of carbonyl (C=O) groups excluding carboxylic acids is 1. The average Bonchev–Trinajstić information content (AvgIpc) is 2.92. The molecular formula is C30H27ClN2O4. The summed E-state index contributed by atoms with van der Waals surface area (Å²) in [5.41, 5.74) is 5.81. The maximum atomic E-state index is 12.6. The predicted octanol–water partition coefficient (Wildman–Crippen LogP) is 6.66. The van der Waals surface area contributed by atoms with Gasteiger partial charge in [-0.2, -0.15) is 5.10 Å². The number of hydrogen-bond donors (Lipinski definition) is 1. The maximum Gasteiger partial charge on any atom is 0.271 e. The fourth-order valence-electron chi connectivity index (χ4n) is 3.45. The van der Waals surface area contributed by atoms with Crippen molar-refractivity contribution < 1.29 is 19.0 Å². The highest BCUT2D eigenvalue weighted by atomic mass is 35.5. The molecule has 0 spiro atoms. The summed E-state index contributed by atoms with van der Waals surface area (Å²) >= 11 is 6.01. The van der Waals surface area contributed by atoms with E-state index in [2.05, 4.69) is 10.5 Å². The lowest BCUT2D eigenvalue weighted by atomic mass is 10.2. The zero-order chi connectivity index (χ0) is 25.9. The molecule has 188 valence electrons. The highest BCUT2D eigenvalue weighted by molar-refractivity contribution is 6.30. The number of amides is 1. The minimum atomic E-state index is -0.353. The zero-order valence-corrected chi connectivity index (χ0v) is 21.2. The van der Waals surface area contributed by atoms with E-state index in [1.165, 1.54) is 0 Å². The number of nitrogens with one attached hydrogen (secondary N) is 1. The van der Waals surface area contributed by atoms with Gasteiger partial charge in [-0.1, -0.05) is 54.1 Å². The van der Waals surface area contributed by atoms with Gasteiger partial charge in [0.25, 0.3) is 5.91 Å². The summed E-state index contributed by atoms with van der Waals surface area (Å²) in [4.78, 5) is 12.6. The minimum Gasteiger partial charge on any atom is -0.490 e. The average molecular weight is 515 g/mol. The second kappa shape index (κ2) is 13.1. The van der Waals surface area contributed by atoms with Gasteiger partial charge in [-0.3, -0.25) is 4.79 Å². The Balaban J connectivity index is 1.31. The molecule has 4 rings (SSSR count). The van der Waals surface area contributed by atoms with Gasteiger partial charge in [-0.15, -0.1) is 0 Å². The molecule has 6 nitrogen and oxygen atoms in total. The standard InChI is InChI=1S/C30H27ClN2O4/c1-2-35-29-18-25(13-16-28(29)37-20-23-7-4-3-5-8-23)30(34)33-32-19-22-11-14-27(15-12-22)36-21-24-9-6-10-26(31)17-24/h3-19H,2,20-21H2,1H3,(H,33,34)/b32-19+. The van der Waals surface area contributed by atoms with Crippen LogP contribution in [0, 0.1) is 0 Å². The quantitative estimate of drug-likeness (QED) is 0.179. The minimum absolute atomic E-state index is 0.353. The summed E-state index contributed by atoms with van der Waals surface area (Å²) in [5, 5.41) is 4.75. The number of rotatable bonds is 11. The van der Waals surface area contributed by atoms with E-state index >= 15 is 0 Å². The summed E-state index contributed by atoms with van der Waals surface area (Å²) in [6.07, 6.45) is 1.57. The Labute approximate surface area is 221 Å². The van der Waals surface area contributed by atoms with Crippen molar-refractivity contribution in [1.82, 2.24) is 5.43 Å². The number of carbonyl (C=O) groups is 1. The number of hydrogen-bond acceptors (Lipinski definition) is 5. The predicted molar refractivity (Wildman–Crippen MR) is 146 cm³/mol. The molecule has 0 radical (unpaired) electrons. The second-order valence-electron chi connectivity index (χ2n) is 8.06. The number of hydrazone groups is 1. The first-order valence-electron chi connectivity index (χ1n) is 11.8. The van der Waals surface area contributed by atoms with Crippen molar-refractivity contribution in [1.29, 1.82) is 0 Å². The first kappa shape index (κ1) is 25.8. The normalized spacial score (nSPS) is 10.8. The van der Waals surface area contributed by atoms with Crippen LogP contribution in [-0.4, -0.2) is 18.7 Å². The molecule has 0 fully saturated rings. The highest BCUT2D eigenvalue weighted by Gasteiger charge is 2.12. The number of ether oxygens (including phenoxy) is 3. The van der Waals surface area contributed by atoms with Crippen molar-refractivity contribution in [2.24, 2.45) is 5.10 Å². The Hall–Kier alpha value is -4.29. The first-order chi connectivity index (χ1) is 18.1. The van der Waals surface area contributed by atoms with Gasteiger partial charge in [-0.25, -0.2) is 5.43 Å². The van der Waals surface area contributed by atoms with E-state index in [0.717, 1.165) is 22.4 Å². The molecule has 0 bridgehead atoms. The van der Waals surface area contributed by atoms with Gasteiger partial charge in [0.05, 0.1) is 12.8 Å². The van der Waals surface area contributed by atoms with Crippen LogP contribution in [0.3, 0.4) is 0 Å². The summed E-state index contributed by atoms with van der Waals surface area (Å²) in [6, 6.07) is 29.9. The molecule has 0 aliphatic carbocycles. The third-order valence-corrected chi connectivity index (χ3v) is 5.53. The largest absolute Gasteiger partial charge is 0.490 e. The Morgan fingerprint density at radius 2 is 1.57 bits per heavy atom. The SMILES string of the molecule is CCOc1cc(C(=O)N/N=C/c2ccc(OCc3cccc(Cl)c3)cc2)ccc1OCc1ccccc1. The molecule has 7 heteroatoms. The Morgan fingerprint density at radius 1 is 0.811 bits per heavy atom. The topological polar surface area (TPSA) is 69.2 Å². The number of benzene rings is 4. The van der Waals surface area contributed by atoms with Gasteiger partial charge in [0.1, 0.15) is 19.0 Å². The fraction of sp³-hybridized carbons (Fsp3) is 0.133. The van der Waals surface area contributed by atoms with E-state index in [-0.39, 0.29) is 5.91 Å². The zero-order valence-electron chi connectivity index (χ0n) is 20.4. The third kappa shape index (κ3) is 7.85. The van der Waals surface area contributed by atoms with Crippen molar-refractivity contribution in [3.05, 3.63) is 124 Å². The summed E-state index contributed by atoms with van der Waals surface area (Å²) in [6.45, 7) is 3.15. The number of halogens is 1. The fourth-order valence-corrected chi connectivity index (χ4v) is 3.66. The molecule has 4 aromatic rings. The van der Waals surface area contributed by atoms with E-state index in [9.17, 15) is 4.79 Å². The third-order valence-electron chi connectivity index (χ3n) is 5.30. The van der Waals surface area contributed by atoms with Crippen LogP contribution in [0.15, 0.2) is 102 Å². The lowest BCUT2D eigenvalue weighted by Gasteiger charge is -2.13. The molecule has 0 aliphatic rings. The molecule has 0 aromatic heterocycles. The molecule has 0 aliphatic heterocycles. The lowest BCUT2D eigenvalue weighted by molar-refractivity contribution is 0.0954. The van der Waals surface area contributed by atoms with Crippen molar-refractivity contribution in [3.63, 3.8) is 0 Å². The summed E-state index contributed by atoms with van der Waals surface area (Å²) in [7, 11) is 0. The van der Waals surface area contributed by atoms with Crippen LogP contribution in [0.5, 0.6) is 17.2 Å². The van der Waals surface area contributed by atoms with Gasteiger partial charge in [0, 0.05) is 10.6 Å². The van der Waals surface area contributed by atoms with Gasteiger partial charge in [0.2, 0.25) is 0 Å². The van der Waals surface area contributed by atoms with E-state index in [1.54, 1.807) is 24.4 Å². The van der Waals surface area contributed by atoms with Crippen LogP contribution >= 0.6 is 11.6 Å². The number of nitrogens with zero attached hydrogens (tertiary/aromatic N) is 1. The highest BCUT2D eigenvalue weighted by Crippen LogP contribution is 2.29. The van der Waals surface area contributed by atoms with Gasteiger partial charge >= 0.3 is 0 Å². The summed E-state index contributed by atoms with van der Waals surface area (Å²) < 4.78 is 17.4. The van der Waals surface area contributed by atoms with E-state index in [4.69, 9.17) is 25.8 Å². The first-order valence-corrected chi connectivity index (χ1v) is 12.2. The van der Waals surface area contributed by atoms with E-state index in [1.807, 2.05) is 85.8 Å². The molecule has 37 heavy (non-hydrogen) atoms. The monoisotopic (exact) mass is 514 g/mol. The molecule has 1 amide bonds. The molecule has 0 saturated heterocycles. The molecule has 0 unspecified atom stereocenters. The van der Waals surface area contributed by atoms with Crippen LogP contribution in [0.4, 0.5) is 0 Å².